The molecule has 0 saturated carbocycles. The van der Waals surface area contributed by atoms with Crippen LogP contribution < -0.4 is 20.7 Å². The van der Waals surface area contributed by atoms with E-state index < -0.39 is 4.92 Å². The van der Waals surface area contributed by atoms with Crippen molar-refractivity contribution in [2.24, 2.45) is 0 Å². The average Bonchev–Trinajstić information content (AvgIpc) is 2.85. The smallest absolute Gasteiger partial charge is 0.311 e. The number of anilines is 4. The normalized spacial score (nSPS) is 9.90. The van der Waals surface area contributed by atoms with Gasteiger partial charge in [-0.3, -0.25) is 19.7 Å². The molecule has 3 aromatic carbocycles. The van der Waals surface area contributed by atoms with Gasteiger partial charge in [-0.1, -0.05) is 12.1 Å². The zero-order valence-corrected chi connectivity index (χ0v) is 20.9. The summed E-state index contributed by atoms with van der Waals surface area (Å²) in [5.74, 6) is 0.408. The van der Waals surface area contributed by atoms with E-state index in [0.717, 1.165) is 6.20 Å². The third kappa shape index (κ3) is 9.06. The summed E-state index contributed by atoms with van der Waals surface area (Å²) < 4.78 is 5.67. The number of nitrogens with one attached hydrogen (secondary N) is 3. The van der Waals surface area contributed by atoms with Crippen LogP contribution in [0.5, 0.6) is 23.1 Å². The summed E-state index contributed by atoms with van der Waals surface area (Å²) in [6, 6.07) is 20.6. The fraction of sp³-hybridized carbons (Fsp3) is 0.0741. The Morgan fingerprint density at radius 3 is 2.03 bits per heavy atom. The fourth-order valence-electron chi connectivity index (χ4n) is 3.18. The van der Waals surface area contributed by atoms with Crippen LogP contribution in [0.25, 0.3) is 0 Å². The summed E-state index contributed by atoms with van der Waals surface area (Å²) in [7, 11) is 0. The van der Waals surface area contributed by atoms with Crippen molar-refractivity contribution in [3.8, 4) is 23.1 Å². The maximum absolute atomic E-state index is 11.3. The summed E-state index contributed by atoms with van der Waals surface area (Å²) >= 11 is 0. The minimum absolute atomic E-state index is 0.0813. The first kappa shape index (κ1) is 27.9. The molecule has 1 aromatic heterocycles. The second-order valence-corrected chi connectivity index (χ2v) is 8.01. The number of carbonyl (C=O) groups is 2. The van der Waals surface area contributed by atoms with Crippen molar-refractivity contribution in [2.45, 2.75) is 13.8 Å². The third-order valence-electron chi connectivity index (χ3n) is 4.74. The van der Waals surface area contributed by atoms with Crippen molar-refractivity contribution < 1.29 is 29.5 Å². The molecule has 0 atom stereocenters. The summed E-state index contributed by atoms with van der Waals surface area (Å²) in [4.78, 5) is 36.4. The van der Waals surface area contributed by atoms with Crippen molar-refractivity contribution in [2.75, 3.05) is 16.0 Å². The summed E-state index contributed by atoms with van der Waals surface area (Å²) in [5, 5.41) is 37.7. The van der Waals surface area contributed by atoms with Gasteiger partial charge < -0.3 is 30.9 Å². The predicted molar refractivity (Wildman–Crippen MR) is 146 cm³/mol. The third-order valence-corrected chi connectivity index (χ3v) is 4.74. The number of carbonyl (C=O) groups excluding carboxylic acids is 2. The van der Waals surface area contributed by atoms with Gasteiger partial charge in [-0.15, -0.1) is 0 Å². The standard InChI is InChI=1S/C19H16N4O5.C8H9NO2/c1-12(24)21-14-3-2-4-16(9-14)28-19-10-17(18(11-20-19)23(26)27)22-13-5-7-15(25)8-6-13;1-6(10)9-7-3-2-4-8(11)5-7/h2-11,25H,1H3,(H,20,22)(H,21,24);2-5,11H,1H3,(H,9,10). The number of hydrogen-bond acceptors (Lipinski definition) is 9. The van der Waals surface area contributed by atoms with Crippen molar-refractivity contribution in [3.63, 3.8) is 0 Å². The molecule has 200 valence electrons. The maximum atomic E-state index is 11.3. The number of phenols is 2. The van der Waals surface area contributed by atoms with Gasteiger partial charge in [-0.25, -0.2) is 4.98 Å². The van der Waals surface area contributed by atoms with E-state index in [1.165, 1.54) is 38.1 Å². The Bertz CT molecular complexity index is 1480. The van der Waals surface area contributed by atoms with E-state index >= 15 is 0 Å². The SMILES string of the molecule is CC(=O)Nc1cccc(O)c1.CC(=O)Nc1cccc(Oc2cc(Nc3ccc(O)cc3)c([N+](=O)[O-])cn2)c1. The van der Waals surface area contributed by atoms with Crippen LogP contribution in [0.3, 0.4) is 0 Å². The molecular formula is C27H25N5O7. The lowest BCUT2D eigenvalue weighted by atomic mass is 10.2. The second-order valence-electron chi connectivity index (χ2n) is 8.01. The molecule has 2 amide bonds. The Hall–Kier alpha value is -5.65. The van der Waals surface area contributed by atoms with Crippen LogP contribution in [0.2, 0.25) is 0 Å². The fourth-order valence-corrected chi connectivity index (χ4v) is 3.18. The lowest BCUT2D eigenvalue weighted by Crippen LogP contribution is -2.05. The Balaban J connectivity index is 0.000000320. The molecule has 0 aliphatic carbocycles. The molecule has 0 bridgehead atoms. The minimum Gasteiger partial charge on any atom is -0.508 e. The number of nitro groups is 1. The molecule has 0 aliphatic rings. The number of benzene rings is 3. The van der Waals surface area contributed by atoms with Crippen molar-refractivity contribution in [3.05, 3.63) is 95.2 Å². The van der Waals surface area contributed by atoms with Crippen LogP contribution in [0.4, 0.5) is 28.4 Å². The van der Waals surface area contributed by atoms with Gasteiger partial charge in [0.05, 0.1) is 4.92 Å². The van der Waals surface area contributed by atoms with Gasteiger partial charge in [-0.2, -0.15) is 0 Å². The molecule has 0 saturated heterocycles. The minimum atomic E-state index is -0.559. The quantitative estimate of drug-likeness (QED) is 0.116. The highest BCUT2D eigenvalue weighted by Crippen LogP contribution is 2.32. The lowest BCUT2D eigenvalue weighted by Gasteiger charge is -2.10. The molecule has 12 heteroatoms. The van der Waals surface area contributed by atoms with Crippen molar-refractivity contribution in [1.29, 1.82) is 0 Å². The highest BCUT2D eigenvalue weighted by atomic mass is 16.6. The van der Waals surface area contributed by atoms with E-state index in [1.54, 1.807) is 54.6 Å². The van der Waals surface area contributed by atoms with Crippen LogP contribution in [0.1, 0.15) is 13.8 Å². The molecule has 4 aromatic rings. The Kier molecular flexibility index (Phi) is 9.35. The van der Waals surface area contributed by atoms with Gasteiger partial charge in [0, 0.05) is 49.1 Å². The first-order valence-corrected chi connectivity index (χ1v) is 11.4. The summed E-state index contributed by atoms with van der Waals surface area (Å²) in [5.41, 5.74) is 1.66. The van der Waals surface area contributed by atoms with Crippen LogP contribution in [0, 0.1) is 10.1 Å². The largest absolute Gasteiger partial charge is 0.508 e. The van der Waals surface area contributed by atoms with Gasteiger partial charge in [0.15, 0.2) is 0 Å². The van der Waals surface area contributed by atoms with Crippen molar-refractivity contribution >= 4 is 40.3 Å². The van der Waals surface area contributed by atoms with E-state index in [0.29, 0.717) is 22.8 Å². The van der Waals surface area contributed by atoms with Gasteiger partial charge >= 0.3 is 5.69 Å². The van der Waals surface area contributed by atoms with Crippen LogP contribution >= 0.6 is 0 Å². The Morgan fingerprint density at radius 2 is 1.44 bits per heavy atom. The lowest BCUT2D eigenvalue weighted by molar-refractivity contribution is -0.384. The average molecular weight is 532 g/mol. The number of nitrogens with zero attached hydrogens (tertiary/aromatic N) is 2. The highest BCUT2D eigenvalue weighted by molar-refractivity contribution is 5.89. The molecule has 0 aliphatic heterocycles. The van der Waals surface area contributed by atoms with Crippen molar-refractivity contribution in [1.82, 2.24) is 4.98 Å². The van der Waals surface area contributed by atoms with Gasteiger partial charge in [0.2, 0.25) is 17.7 Å². The molecule has 4 rings (SSSR count). The van der Waals surface area contributed by atoms with E-state index in [1.807, 2.05) is 0 Å². The Labute approximate surface area is 223 Å². The molecule has 5 N–H and O–H groups in total. The predicted octanol–water partition coefficient (Wildman–Crippen LogP) is 5.54. The van der Waals surface area contributed by atoms with Crippen LogP contribution in [-0.4, -0.2) is 31.9 Å². The molecule has 12 nitrogen and oxygen atoms in total. The molecule has 39 heavy (non-hydrogen) atoms. The van der Waals surface area contributed by atoms with Crippen LogP contribution in [-0.2, 0) is 9.59 Å². The maximum Gasteiger partial charge on any atom is 0.311 e. The van der Waals surface area contributed by atoms with E-state index in [4.69, 9.17) is 9.84 Å². The van der Waals surface area contributed by atoms with Crippen LogP contribution in [0.15, 0.2) is 85.1 Å². The molecule has 0 radical (unpaired) electrons. The van der Waals surface area contributed by atoms with Gasteiger partial charge in [0.1, 0.15) is 29.1 Å². The zero-order chi connectivity index (χ0) is 28.4. The topological polar surface area (TPSA) is 176 Å². The molecule has 1 heterocycles. The number of phenolic OH excluding ortho intramolecular Hbond substituents is 2. The highest BCUT2D eigenvalue weighted by Gasteiger charge is 2.17. The van der Waals surface area contributed by atoms with E-state index in [2.05, 4.69) is 20.9 Å². The second kappa shape index (κ2) is 13.1. The number of hydrogen-bond donors (Lipinski definition) is 5. The van der Waals surface area contributed by atoms with E-state index in [9.17, 15) is 24.8 Å². The first-order valence-electron chi connectivity index (χ1n) is 11.4. The Morgan fingerprint density at radius 1 is 0.821 bits per heavy atom. The summed E-state index contributed by atoms with van der Waals surface area (Å²) in [6.45, 7) is 2.82. The number of amides is 2. The zero-order valence-electron chi connectivity index (χ0n) is 20.9. The summed E-state index contributed by atoms with van der Waals surface area (Å²) in [6.07, 6.45) is 1.09. The number of pyridine rings is 1. The van der Waals surface area contributed by atoms with E-state index in [-0.39, 0.29) is 40.6 Å². The first-order chi connectivity index (χ1) is 18.6. The number of ether oxygens (including phenoxy) is 1. The van der Waals surface area contributed by atoms with Gasteiger partial charge in [-0.05, 0) is 48.5 Å². The van der Waals surface area contributed by atoms with Gasteiger partial charge in [0.25, 0.3) is 0 Å². The molecule has 0 fully saturated rings. The molecule has 0 spiro atoms. The monoisotopic (exact) mass is 531 g/mol. The number of rotatable bonds is 7. The number of aromatic nitrogens is 1. The number of aromatic hydroxyl groups is 2. The molecule has 0 unspecified atom stereocenters. The molecular weight excluding hydrogens is 506 g/mol.